The van der Waals surface area contributed by atoms with E-state index in [2.05, 4.69) is 35.5 Å². The normalized spacial score (nSPS) is 17.6. The molecule has 4 rings (SSSR count). The summed E-state index contributed by atoms with van der Waals surface area (Å²) in [5, 5.41) is 0. The summed E-state index contributed by atoms with van der Waals surface area (Å²) in [5.41, 5.74) is 0.727. The Kier molecular flexibility index (Phi) is 20.3. The van der Waals surface area contributed by atoms with Crippen LogP contribution in [0.15, 0.2) is 52.3 Å². The van der Waals surface area contributed by atoms with Crippen molar-refractivity contribution in [2.75, 3.05) is 132 Å². The SMILES string of the molecule is COCC(COCC(COCC(COCC(C)COC(C)(C)CCN1CCN(CCCN2c3ccccc3Sc3ccc(C(F)(F)F)cc32)CC1)OC)OC)OC. The highest BCUT2D eigenvalue weighted by molar-refractivity contribution is 7.99. The van der Waals surface area contributed by atoms with Crippen LogP contribution in [0.5, 0.6) is 0 Å². The smallest absolute Gasteiger partial charge is 0.382 e. The largest absolute Gasteiger partial charge is 0.416 e. The number of para-hydroxylation sites is 1. The third-order valence-corrected chi connectivity index (χ3v) is 11.5. The number of piperazine rings is 1. The highest BCUT2D eigenvalue weighted by atomic mass is 32.2. The predicted molar refractivity (Wildman–Crippen MR) is 217 cm³/mol. The average molecular weight is 830 g/mol. The second kappa shape index (κ2) is 24.3. The Labute approximate surface area is 342 Å². The Morgan fingerprint density at radius 2 is 1.19 bits per heavy atom. The van der Waals surface area contributed by atoms with Crippen LogP contribution in [-0.4, -0.2) is 161 Å². The lowest BCUT2D eigenvalue weighted by atomic mass is 10.0. The summed E-state index contributed by atoms with van der Waals surface area (Å²) < 4.78 is 86.2. The van der Waals surface area contributed by atoms with Crippen LogP contribution in [0.1, 0.15) is 39.2 Å². The van der Waals surface area contributed by atoms with E-state index in [1.54, 1.807) is 34.5 Å². The molecule has 0 aliphatic carbocycles. The van der Waals surface area contributed by atoms with Gasteiger partial charge in [-0.15, -0.1) is 0 Å². The molecule has 2 heterocycles. The van der Waals surface area contributed by atoms with Gasteiger partial charge in [-0.25, -0.2) is 0 Å². The van der Waals surface area contributed by atoms with Gasteiger partial charge in [-0.1, -0.05) is 30.8 Å². The summed E-state index contributed by atoms with van der Waals surface area (Å²) in [4.78, 5) is 8.95. The number of hydrogen-bond acceptors (Lipinski definition) is 12. The molecule has 2 aromatic rings. The molecule has 0 amide bonds. The molecule has 0 bridgehead atoms. The number of methoxy groups -OCH3 is 4. The Balaban J connectivity index is 1.08. The first kappa shape index (κ1) is 47.7. The second-order valence-corrected chi connectivity index (χ2v) is 16.6. The number of halogens is 3. The molecule has 4 atom stereocenters. The minimum Gasteiger partial charge on any atom is -0.382 e. The van der Waals surface area contributed by atoms with Crippen molar-refractivity contribution in [1.29, 1.82) is 0 Å². The molecule has 0 saturated carbocycles. The van der Waals surface area contributed by atoms with E-state index in [4.69, 9.17) is 37.9 Å². The van der Waals surface area contributed by atoms with Gasteiger partial charge in [0.15, 0.2) is 0 Å². The number of alkyl halides is 3. The van der Waals surface area contributed by atoms with Crippen molar-refractivity contribution in [1.82, 2.24) is 9.80 Å². The molecule has 324 valence electrons. The van der Waals surface area contributed by atoms with Crippen LogP contribution in [-0.2, 0) is 44.1 Å². The molecule has 11 nitrogen and oxygen atoms in total. The van der Waals surface area contributed by atoms with Crippen molar-refractivity contribution in [3.63, 3.8) is 0 Å². The van der Waals surface area contributed by atoms with Crippen LogP contribution >= 0.6 is 11.8 Å². The molecule has 0 spiro atoms. The van der Waals surface area contributed by atoms with Crippen molar-refractivity contribution in [3.8, 4) is 0 Å². The lowest BCUT2D eigenvalue weighted by molar-refractivity contribution is -0.137. The standard InChI is InChI=1S/C42H66F3N3O8S/c1-32(24-53-28-35(51-6)29-55-31-36(52-7)30-54-27-34(50-5)26-49-4)25-56-41(2,3)15-18-47-21-19-46(20-22-47)16-10-17-48-37-11-8-9-12-39(37)57-40-14-13-33(23-38(40)48)42(43,44)45/h8-9,11-14,23,32,34-36H,10,15-22,24-31H2,1-7H3. The van der Waals surface area contributed by atoms with Gasteiger partial charge in [-0.2, -0.15) is 13.2 Å². The maximum absolute atomic E-state index is 13.6. The molecule has 0 radical (unpaired) electrons. The Bertz CT molecular complexity index is 1440. The van der Waals surface area contributed by atoms with E-state index >= 15 is 0 Å². The third kappa shape index (κ3) is 16.2. The first-order valence-electron chi connectivity index (χ1n) is 20.0. The van der Waals surface area contributed by atoms with Crippen LogP contribution in [0, 0.1) is 5.92 Å². The van der Waals surface area contributed by atoms with E-state index in [9.17, 15) is 13.2 Å². The molecule has 2 aliphatic heterocycles. The number of benzene rings is 2. The molecule has 2 aliphatic rings. The maximum Gasteiger partial charge on any atom is 0.416 e. The maximum atomic E-state index is 13.6. The quantitative estimate of drug-likeness (QED) is 0.0943. The molecule has 15 heteroatoms. The molecular weight excluding hydrogens is 764 g/mol. The van der Waals surface area contributed by atoms with E-state index < -0.39 is 11.7 Å². The zero-order chi connectivity index (χ0) is 41.3. The molecule has 57 heavy (non-hydrogen) atoms. The van der Waals surface area contributed by atoms with E-state index in [1.165, 1.54) is 23.9 Å². The Hall–Kier alpha value is -2.02. The molecule has 0 aromatic heterocycles. The monoisotopic (exact) mass is 829 g/mol. The number of ether oxygens (including phenoxy) is 8. The second-order valence-electron chi connectivity index (χ2n) is 15.5. The van der Waals surface area contributed by atoms with Gasteiger partial charge >= 0.3 is 6.18 Å². The molecule has 2 aromatic carbocycles. The average Bonchev–Trinajstić information content (AvgIpc) is 3.20. The number of hydrogen-bond donors (Lipinski definition) is 0. The predicted octanol–water partition coefficient (Wildman–Crippen LogP) is 6.88. The van der Waals surface area contributed by atoms with Gasteiger partial charge in [0.25, 0.3) is 0 Å². The fourth-order valence-corrected chi connectivity index (χ4v) is 7.73. The third-order valence-electron chi connectivity index (χ3n) is 10.3. The van der Waals surface area contributed by atoms with Crippen molar-refractivity contribution in [2.45, 2.75) is 73.5 Å². The van der Waals surface area contributed by atoms with Crippen molar-refractivity contribution >= 4 is 23.1 Å². The highest BCUT2D eigenvalue weighted by Crippen LogP contribution is 2.49. The van der Waals surface area contributed by atoms with Crippen molar-refractivity contribution < 1.29 is 51.1 Å². The van der Waals surface area contributed by atoms with Gasteiger partial charge in [0, 0.05) is 83.4 Å². The van der Waals surface area contributed by atoms with E-state index in [0.29, 0.717) is 65.1 Å². The summed E-state index contributed by atoms with van der Waals surface area (Å²) in [5.74, 6) is 0.215. The fourth-order valence-electron chi connectivity index (χ4n) is 6.65. The van der Waals surface area contributed by atoms with Crippen LogP contribution in [0.25, 0.3) is 0 Å². The summed E-state index contributed by atoms with van der Waals surface area (Å²) in [6, 6.07) is 12.1. The lowest BCUT2D eigenvalue weighted by Gasteiger charge is -2.37. The lowest BCUT2D eigenvalue weighted by Crippen LogP contribution is -2.48. The first-order chi connectivity index (χ1) is 27.3. The van der Waals surface area contributed by atoms with E-state index in [1.807, 2.05) is 24.3 Å². The zero-order valence-corrected chi connectivity index (χ0v) is 35.8. The molecule has 0 N–H and O–H groups in total. The fraction of sp³-hybridized carbons (Fsp3) is 0.714. The molecule has 4 unspecified atom stereocenters. The number of nitrogens with zero attached hydrogens (tertiary/aromatic N) is 3. The van der Waals surface area contributed by atoms with Crippen LogP contribution in [0.4, 0.5) is 24.5 Å². The highest BCUT2D eigenvalue weighted by Gasteiger charge is 2.33. The summed E-state index contributed by atoms with van der Waals surface area (Å²) in [6.07, 6.45) is -3.14. The topological polar surface area (TPSA) is 83.6 Å². The molecular formula is C42H66F3N3O8S. The van der Waals surface area contributed by atoms with Gasteiger partial charge in [0.2, 0.25) is 0 Å². The van der Waals surface area contributed by atoms with Crippen molar-refractivity contribution in [2.24, 2.45) is 5.92 Å². The summed E-state index contributed by atoms with van der Waals surface area (Å²) in [6.45, 7) is 16.4. The van der Waals surface area contributed by atoms with Crippen LogP contribution < -0.4 is 4.90 Å². The van der Waals surface area contributed by atoms with Gasteiger partial charge < -0.3 is 52.6 Å². The number of rotatable bonds is 27. The van der Waals surface area contributed by atoms with Crippen LogP contribution in [0.2, 0.25) is 0 Å². The number of fused-ring (bicyclic) bond motifs is 2. The van der Waals surface area contributed by atoms with E-state index in [-0.39, 0.29) is 29.8 Å². The summed E-state index contributed by atoms with van der Waals surface area (Å²) >= 11 is 1.53. The molecule has 1 saturated heterocycles. The first-order valence-corrected chi connectivity index (χ1v) is 20.8. The van der Waals surface area contributed by atoms with Gasteiger partial charge in [0.05, 0.1) is 75.4 Å². The Morgan fingerprint density at radius 1 is 0.649 bits per heavy atom. The number of anilines is 2. The van der Waals surface area contributed by atoms with Gasteiger partial charge in [-0.3, -0.25) is 0 Å². The zero-order valence-electron chi connectivity index (χ0n) is 35.0. The minimum atomic E-state index is -4.38. The summed E-state index contributed by atoms with van der Waals surface area (Å²) in [7, 11) is 6.54. The minimum absolute atomic E-state index is 0.127. The Morgan fingerprint density at radius 3 is 1.77 bits per heavy atom. The van der Waals surface area contributed by atoms with Crippen molar-refractivity contribution in [3.05, 3.63) is 48.0 Å². The van der Waals surface area contributed by atoms with Gasteiger partial charge in [-0.05, 0) is 63.6 Å². The molecule has 1 fully saturated rings. The van der Waals surface area contributed by atoms with Crippen LogP contribution in [0.3, 0.4) is 0 Å². The van der Waals surface area contributed by atoms with Gasteiger partial charge in [0.1, 0.15) is 18.3 Å². The van der Waals surface area contributed by atoms with E-state index in [0.717, 1.165) is 67.6 Å².